The zero-order chi connectivity index (χ0) is 10.8. The van der Waals surface area contributed by atoms with Crippen molar-refractivity contribution in [2.45, 2.75) is 5.88 Å². The van der Waals surface area contributed by atoms with Gasteiger partial charge in [-0.3, -0.25) is 0 Å². The molecule has 0 aliphatic carbocycles. The van der Waals surface area contributed by atoms with E-state index in [2.05, 4.69) is 42.0 Å². The summed E-state index contributed by atoms with van der Waals surface area (Å²) in [5, 5.41) is 3.72. The van der Waals surface area contributed by atoms with Crippen molar-refractivity contribution in [3.8, 4) is 11.5 Å². The summed E-state index contributed by atoms with van der Waals surface area (Å²) in [6.45, 7) is 0. The van der Waals surface area contributed by atoms with E-state index in [9.17, 15) is 0 Å². The molecular formula is C9H5Br2ClN2O. The van der Waals surface area contributed by atoms with Crippen molar-refractivity contribution in [2.75, 3.05) is 0 Å². The minimum Gasteiger partial charge on any atom is -0.334 e. The highest BCUT2D eigenvalue weighted by Gasteiger charge is 2.11. The zero-order valence-corrected chi connectivity index (χ0v) is 11.3. The number of aromatic nitrogens is 2. The second kappa shape index (κ2) is 4.63. The van der Waals surface area contributed by atoms with E-state index in [-0.39, 0.29) is 5.88 Å². The van der Waals surface area contributed by atoms with Crippen molar-refractivity contribution < 1.29 is 4.52 Å². The van der Waals surface area contributed by atoms with Crippen LogP contribution in [0.2, 0.25) is 0 Å². The zero-order valence-electron chi connectivity index (χ0n) is 7.38. The molecule has 0 atom stereocenters. The van der Waals surface area contributed by atoms with E-state index in [1.807, 2.05) is 18.2 Å². The van der Waals surface area contributed by atoms with E-state index in [4.69, 9.17) is 16.1 Å². The van der Waals surface area contributed by atoms with E-state index in [1.165, 1.54) is 0 Å². The third-order valence-corrected chi connectivity index (χ3v) is 3.14. The van der Waals surface area contributed by atoms with Gasteiger partial charge in [-0.25, -0.2) is 0 Å². The highest BCUT2D eigenvalue weighted by molar-refractivity contribution is 9.11. The van der Waals surface area contributed by atoms with Crippen molar-refractivity contribution in [3.63, 3.8) is 0 Å². The quantitative estimate of drug-likeness (QED) is 0.767. The Bertz CT molecular complexity index is 487. The van der Waals surface area contributed by atoms with E-state index in [1.54, 1.807) is 0 Å². The first-order valence-corrected chi connectivity index (χ1v) is 6.16. The van der Waals surface area contributed by atoms with Gasteiger partial charge >= 0.3 is 0 Å². The Morgan fingerprint density at radius 2 is 2.13 bits per heavy atom. The average molecular weight is 352 g/mol. The molecule has 15 heavy (non-hydrogen) atoms. The minimum atomic E-state index is 0.248. The Kier molecular flexibility index (Phi) is 3.43. The number of halogens is 3. The molecule has 3 nitrogen and oxygen atoms in total. The predicted molar refractivity (Wildman–Crippen MR) is 64.7 cm³/mol. The van der Waals surface area contributed by atoms with Crippen LogP contribution in [0.15, 0.2) is 31.7 Å². The van der Waals surface area contributed by atoms with Gasteiger partial charge < -0.3 is 4.52 Å². The normalized spacial score (nSPS) is 10.6. The van der Waals surface area contributed by atoms with Gasteiger partial charge in [-0.05, 0) is 34.1 Å². The van der Waals surface area contributed by atoms with E-state index < -0.39 is 0 Å². The third-order valence-electron chi connectivity index (χ3n) is 1.75. The predicted octanol–water partition coefficient (Wildman–Crippen LogP) is 4.00. The molecule has 0 aliphatic heterocycles. The van der Waals surface area contributed by atoms with Gasteiger partial charge in [0.05, 0.1) is 11.4 Å². The summed E-state index contributed by atoms with van der Waals surface area (Å²) in [6, 6.07) is 5.71. The SMILES string of the molecule is ClCc1noc(-c2ccc(Br)cc2Br)n1. The maximum absolute atomic E-state index is 5.59. The molecule has 0 bridgehead atoms. The fraction of sp³-hybridized carbons (Fsp3) is 0.111. The number of hydrogen-bond donors (Lipinski definition) is 0. The maximum atomic E-state index is 5.59. The Hall–Kier alpha value is -0.390. The smallest absolute Gasteiger partial charge is 0.259 e. The van der Waals surface area contributed by atoms with E-state index >= 15 is 0 Å². The van der Waals surface area contributed by atoms with Gasteiger partial charge in [-0.1, -0.05) is 21.1 Å². The van der Waals surface area contributed by atoms with Crippen molar-refractivity contribution in [1.29, 1.82) is 0 Å². The average Bonchev–Trinajstić information content (AvgIpc) is 2.66. The molecule has 78 valence electrons. The third kappa shape index (κ3) is 2.41. The van der Waals surface area contributed by atoms with Crippen LogP contribution >= 0.6 is 43.5 Å². The summed E-state index contributed by atoms with van der Waals surface area (Å²) in [6.07, 6.45) is 0. The first-order valence-electron chi connectivity index (χ1n) is 4.04. The fourth-order valence-corrected chi connectivity index (χ4v) is 2.41. The second-order valence-electron chi connectivity index (χ2n) is 2.77. The highest BCUT2D eigenvalue weighted by atomic mass is 79.9. The lowest BCUT2D eigenvalue weighted by atomic mass is 10.2. The van der Waals surface area contributed by atoms with Gasteiger partial charge in [0, 0.05) is 8.95 Å². The summed E-state index contributed by atoms with van der Waals surface area (Å²) in [4.78, 5) is 4.13. The van der Waals surface area contributed by atoms with Crippen LogP contribution < -0.4 is 0 Å². The molecule has 0 fully saturated rings. The number of nitrogens with zero attached hydrogens (tertiary/aromatic N) is 2. The van der Waals surface area contributed by atoms with Gasteiger partial charge in [0.25, 0.3) is 5.89 Å². The molecule has 0 amide bonds. The maximum Gasteiger partial charge on any atom is 0.259 e. The molecule has 0 saturated heterocycles. The highest BCUT2D eigenvalue weighted by Crippen LogP contribution is 2.29. The largest absolute Gasteiger partial charge is 0.334 e. The molecule has 0 saturated carbocycles. The molecule has 1 aromatic carbocycles. The summed E-state index contributed by atoms with van der Waals surface area (Å²) in [5.74, 6) is 1.20. The molecule has 0 N–H and O–H groups in total. The summed E-state index contributed by atoms with van der Waals surface area (Å²) < 4.78 is 6.94. The number of rotatable bonds is 2. The number of alkyl halides is 1. The standard InChI is InChI=1S/C9H5Br2ClN2O/c10-5-1-2-6(7(11)3-5)9-13-8(4-12)14-15-9/h1-3H,4H2. The molecule has 1 aromatic heterocycles. The molecule has 0 spiro atoms. The Morgan fingerprint density at radius 1 is 1.33 bits per heavy atom. The minimum absolute atomic E-state index is 0.248. The van der Waals surface area contributed by atoms with Crippen molar-refractivity contribution in [3.05, 3.63) is 33.0 Å². The Balaban J connectivity index is 2.44. The van der Waals surface area contributed by atoms with Crippen LogP contribution in [0.3, 0.4) is 0 Å². The Labute approximate surface area is 108 Å². The van der Waals surface area contributed by atoms with E-state index in [0.29, 0.717) is 11.7 Å². The summed E-state index contributed by atoms with van der Waals surface area (Å²) in [7, 11) is 0. The van der Waals surface area contributed by atoms with Crippen LogP contribution in [-0.2, 0) is 5.88 Å². The number of benzene rings is 1. The van der Waals surface area contributed by atoms with Gasteiger partial charge in [0.15, 0.2) is 5.82 Å². The topological polar surface area (TPSA) is 38.9 Å². The van der Waals surface area contributed by atoms with Crippen LogP contribution in [0.4, 0.5) is 0 Å². The lowest BCUT2D eigenvalue weighted by molar-refractivity contribution is 0.425. The van der Waals surface area contributed by atoms with Crippen molar-refractivity contribution >= 4 is 43.5 Å². The van der Waals surface area contributed by atoms with Crippen LogP contribution in [-0.4, -0.2) is 10.1 Å². The van der Waals surface area contributed by atoms with Crippen LogP contribution in [0.1, 0.15) is 5.82 Å². The second-order valence-corrected chi connectivity index (χ2v) is 4.81. The lowest BCUT2D eigenvalue weighted by Crippen LogP contribution is -1.82. The van der Waals surface area contributed by atoms with Gasteiger partial charge in [-0.2, -0.15) is 4.98 Å². The molecule has 2 rings (SSSR count). The molecule has 0 aliphatic rings. The van der Waals surface area contributed by atoms with Gasteiger partial charge in [-0.15, -0.1) is 11.6 Å². The molecule has 0 radical (unpaired) electrons. The molecule has 1 heterocycles. The van der Waals surface area contributed by atoms with Crippen LogP contribution in [0.5, 0.6) is 0 Å². The van der Waals surface area contributed by atoms with Crippen LogP contribution in [0.25, 0.3) is 11.5 Å². The molecule has 0 unspecified atom stereocenters. The summed E-state index contributed by atoms with van der Waals surface area (Å²) >= 11 is 12.4. The lowest BCUT2D eigenvalue weighted by Gasteiger charge is -1.98. The fourth-order valence-electron chi connectivity index (χ4n) is 1.08. The molecular weight excluding hydrogens is 347 g/mol. The van der Waals surface area contributed by atoms with Crippen LogP contribution in [0, 0.1) is 0 Å². The molecule has 6 heteroatoms. The monoisotopic (exact) mass is 350 g/mol. The van der Waals surface area contributed by atoms with Crippen molar-refractivity contribution in [1.82, 2.24) is 10.1 Å². The van der Waals surface area contributed by atoms with Gasteiger partial charge in [0.1, 0.15) is 0 Å². The van der Waals surface area contributed by atoms with Gasteiger partial charge in [0.2, 0.25) is 0 Å². The first-order chi connectivity index (χ1) is 7.20. The first kappa shape index (κ1) is 11.1. The summed E-state index contributed by atoms with van der Waals surface area (Å²) in [5.41, 5.74) is 0.849. The Morgan fingerprint density at radius 3 is 2.73 bits per heavy atom. The van der Waals surface area contributed by atoms with Crippen molar-refractivity contribution in [2.24, 2.45) is 0 Å². The number of hydrogen-bond acceptors (Lipinski definition) is 3. The van der Waals surface area contributed by atoms with E-state index in [0.717, 1.165) is 14.5 Å². The molecule has 2 aromatic rings.